The Bertz CT molecular complexity index is 352. The maximum Gasteiger partial charge on any atom is 0.410 e. The highest BCUT2D eigenvalue weighted by Gasteiger charge is 2.32. The van der Waals surface area contributed by atoms with Gasteiger partial charge in [-0.05, 0) is 33.1 Å². The lowest BCUT2D eigenvalue weighted by Gasteiger charge is -2.38. The number of nitrogens with one attached hydrogen (secondary N) is 1. The molecule has 0 saturated carbocycles. The fourth-order valence-electron chi connectivity index (χ4n) is 2.31. The van der Waals surface area contributed by atoms with Gasteiger partial charge in [-0.15, -0.1) is 0 Å². The minimum atomic E-state index is -0.512. The number of likely N-dealkylation sites (tertiary alicyclic amines) is 1. The molecule has 0 radical (unpaired) electrons. The third kappa shape index (κ3) is 5.27. The van der Waals surface area contributed by atoms with Crippen LogP contribution in [-0.2, 0) is 9.47 Å². The van der Waals surface area contributed by atoms with Crippen LogP contribution in [0.15, 0.2) is 0 Å². The van der Waals surface area contributed by atoms with Crippen molar-refractivity contribution in [1.29, 1.82) is 0 Å². The Morgan fingerprint density at radius 3 is 2.45 bits per heavy atom. The van der Waals surface area contributed by atoms with Crippen LogP contribution in [0.1, 0.15) is 40.5 Å². The van der Waals surface area contributed by atoms with Crippen LogP contribution in [-0.4, -0.2) is 48.9 Å². The molecule has 0 spiro atoms. The van der Waals surface area contributed by atoms with Gasteiger partial charge in [-0.3, -0.25) is 0 Å². The van der Waals surface area contributed by atoms with E-state index in [0.29, 0.717) is 19.0 Å². The molecule has 0 aromatic heterocycles. The smallest absolute Gasteiger partial charge is 0.410 e. The molecule has 1 aliphatic heterocycles. The van der Waals surface area contributed by atoms with Crippen molar-refractivity contribution in [1.82, 2.24) is 10.2 Å². The average Bonchev–Trinajstić information content (AvgIpc) is 2.36. The van der Waals surface area contributed by atoms with Gasteiger partial charge in [-0.1, -0.05) is 13.3 Å². The molecule has 1 fully saturated rings. The number of amides is 2. The summed E-state index contributed by atoms with van der Waals surface area (Å²) < 4.78 is 10.0. The van der Waals surface area contributed by atoms with Crippen molar-refractivity contribution in [3.8, 4) is 0 Å². The highest BCUT2D eigenvalue weighted by Crippen LogP contribution is 2.22. The number of nitrogens with zero attached hydrogens (tertiary/aromatic N) is 1. The second kappa shape index (κ2) is 6.81. The number of hydrogen-bond acceptors (Lipinski definition) is 4. The van der Waals surface area contributed by atoms with E-state index in [1.165, 1.54) is 7.11 Å². The largest absolute Gasteiger partial charge is 0.453 e. The van der Waals surface area contributed by atoms with Crippen LogP contribution >= 0.6 is 0 Å². The van der Waals surface area contributed by atoms with Crippen LogP contribution < -0.4 is 5.32 Å². The van der Waals surface area contributed by atoms with Crippen molar-refractivity contribution in [2.24, 2.45) is 5.92 Å². The highest BCUT2D eigenvalue weighted by molar-refractivity contribution is 5.69. The van der Waals surface area contributed by atoms with Gasteiger partial charge in [0.2, 0.25) is 0 Å². The molecule has 0 aliphatic carbocycles. The van der Waals surface area contributed by atoms with Crippen molar-refractivity contribution in [2.45, 2.75) is 52.2 Å². The number of hydrogen-bond donors (Lipinski definition) is 1. The zero-order chi connectivity index (χ0) is 15.3. The third-order valence-electron chi connectivity index (χ3n) is 3.27. The van der Waals surface area contributed by atoms with Gasteiger partial charge in [0.05, 0.1) is 13.2 Å². The molecule has 2 atom stereocenters. The van der Waals surface area contributed by atoms with Crippen LogP contribution in [0.25, 0.3) is 0 Å². The Hall–Kier alpha value is -1.46. The topological polar surface area (TPSA) is 67.9 Å². The Kier molecular flexibility index (Phi) is 5.65. The van der Waals surface area contributed by atoms with Gasteiger partial charge in [-0.2, -0.15) is 0 Å². The summed E-state index contributed by atoms with van der Waals surface area (Å²) in [6.45, 7) is 8.74. The van der Waals surface area contributed by atoms with Crippen LogP contribution in [0.2, 0.25) is 0 Å². The van der Waals surface area contributed by atoms with E-state index in [4.69, 9.17) is 4.74 Å². The first-order valence-corrected chi connectivity index (χ1v) is 7.07. The van der Waals surface area contributed by atoms with Gasteiger partial charge in [-0.25, -0.2) is 9.59 Å². The zero-order valence-electron chi connectivity index (χ0n) is 13.1. The number of ether oxygens (including phenoxy) is 2. The minimum absolute atomic E-state index is 0.0892. The van der Waals surface area contributed by atoms with Crippen LogP contribution in [0.4, 0.5) is 9.59 Å². The van der Waals surface area contributed by atoms with Crippen LogP contribution in [0, 0.1) is 5.92 Å². The summed E-state index contributed by atoms with van der Waals surface area (Å²) in [5, 5.41) is 2.77. The summed E-state index contributed by atoms with van der Waals surface area (Å²) in [7, 11) is 1.33. The summed E-state index contributed by atoms with van der Waals surface area (Å²) in [6.07, 6.45) is 1.02. The van der Waals surface area contributed by atoms with Gasteiger partial charge >= 0.3 is 12.2 Å². The lowest BCUT2D eigenvalue weighted by Crippen LogP contribution is -2.53. The maximum absolute atomic E-state index is 12.1. The molecule has 1 heterocycles. The molecular formula is C14H26N2O4. The van der Waals surface area contributed by atoms with E-state index < -0.39 is 11.7 Å². The summed E-state index contributed by atoms with van der Waals surface area (Å²) in [6, 6.07) is -0.0892. The fraction of sp³-hybridized carbons (Fsp3) is 0.857. The van der Waals surface area contributed by atoms with Crippen molar-refractivity contribution in [2.75, 3.05) is 20.2 Å². The Morgan fingerprint density at radius 2 is 1.95 bits per heavy atom. The second-order valence-electron chi connectivity index (χ2n) is 6.23. The molecule has 6 heteroatoms. The quantitative estimate of drug-likeness (QED) is 0.846. The molecule has 0 bridgehead atoms. The highest BCUT2D eigenvalue weighted by atomic mass is 16.6. The molecule has 116 valence electrons. The van der Waals surface area contributed by atoms with E-state index in [1.54, 1.807) is 4.90 Å². The Labute approximate surface area is 120 Å². The lowest BCUT2D eigenvalue weighted by atomic mass is 9.92. The summed E-state index contributed by atoms with van der Waals surface area (Å²) >= 11 is 0. The second-order valence-corrected chi connectivity index (χ2v) is 6.23. The number of carbonyl (C=O) groups excluding carboxylic acids is 2. The molecule has 6 nitrogen and oxygen atoms in total. The Balaban J connectivity index is 2.66. The van der Waals surface area contributed by atoms with Gasteiger partial charge in [0.1, 0.15) is 5.60 Å². The van der Waals surface area contributed by atoms with E-state index >= 15 is 0 Å². The Morgan fingerprint density at radius 1 is 1.30 bits per heavy atom. The molecule has 0 aromatic carbocycles. The summed E-state index contributed by atoms with van der Waals surface area (Å²) in [5.41, 5.74) is -0.512. The minimum Gasteiger partial charge on any atom is -0.453 e. The fourth-order valence-corrected chi connectivity index (χ4v) is 2.31. The van der Waals surface area contributed by atoms with E-state index in [9.17, 15) is 9.59 Å². The van der Waals surface area contributed by atoms with Gasteiger partial charge in [0, 0.05) is 13.1 Å². The van der Waals surface area contributed by atoms with Crippen LogP contribution in [0.5, 0.6) is 0 Å². The normalized spacial score (nSPS) is 23.1. The number of carbonyl (C=O) groups is 2. The maximum atomic E-state index is 12.1. The first-order chi connectivity index (χ1) is 9.25. The van der Waals surface area contributed by atoms with Gasteiger partial charge in [0.25, 0.3) is 0 Å². The van der Waals surface area contributed by atoms with Crippen molar-refractivity contribution >= 4 is 12.2 Å². The van der Waals surface area contributed by atoms with Crippen molar-refractivity contribution in [3.63, 3.8) is 0 Å². The van der Waals surface area contributed by atoms with Crippen molar-refractivity contribution in [3.05, 3.63) is 0 Å². The zero-order valence-corrected chi connectivity index (χ0v) is 13.1. The number of rotatable bonds is 2. The third-order valence-corrected chi connectivity index (χ3v) is 3.27. The van der Waals surface area contributed by atoms with E-state index in [-0.39, 0.29) is 12.1 Å². The monoisotopic (exact) mass is 286 g/mol. The molecule has 1 saturated heterocycles. The molecule has 2 unspecified atom stereocenters. The van der Waals surface area contributed by atoms with Gasteiger partial charge < -0.3 is 19.7 Å². The van der Waals surface area contributed by atoms with E-state index in [2.05, 4.69) is 17.0 Å². The predicted molar refractivity (Wildman–Crippen MR) is 75.5 cm³/mol. The first kappa shape index (κ1) is 16.6. The first-order valence-electron chi connectivity index (χ1n) is 7.07. The number of alkyl carbamates (subject to hydrolysis) is 1. The molecule has 0 aromatic rings. The molecular weight excluding hydrogens is 260 g/mol. The molecule has 20 heavy (non-hydrogen) atoms. The molecule has 1 N–H and O–H groups in total. The van der Waals surface area contributed by atoms with Gasteiger partial charge in [0.15, 0.2) is 0 Å². The molecule has 2 amide bonds. The van der Waals surface area contributed by atoms with Crippen molar-refractivity contribution < 1.29 is 19.1 Å². The summed E-state index contributed by atoms with van der Waals surface area (Å²) in [5.74, 6) is 0.360. The van der Waals surface area contributed by atoms with E-state index in [0.717, 1.165) is 12.8 Å². The number of methoxy groups -OCH3 is 1. The van der Waals surface area contributed by atoms with Crippen LogP contribution in [0.3, 0.4) is 0 Å². The predicted octanol–water partition coefficient (Wildman–Crippen LogP) is 2.38. The SMILES string of the molecule is CCC1CC(NC(=O)OC)CN(C(=O)OC(C)(C)C)C1. The molecule has 1 aliphatic rings. The lowest BCUT2D eigenvalue weighted by molar-refractivity contribution is 0.0124. The number of piperidine rings is 1. The molecule has 1 rings (SSSR count). The van der Waals surface area contributed by atoms with E-state index in [1.807, 2.05) is 20.8 Å². The summed E-state index contributed by atoms with van der Waals surface area (Å²) in [4.78, 5) is 25.1. The standard InChI is InChI=1S/C14H26N2O4/c1-6-10-7-11(15-12(17)19-5)9-16(8-10)13(18)20-14(2,3)4/h10-11H,6-9H2,1-5H3,(H,15,17). The average molecular weight is 286 g/mol.